The molecular weight excluding hydrogens is 1860 g/mol. The van der Waals surface area contributed by atoms with E-state index in [0.29, 0.717) is 42.5 Å². The second kappa shape index (κ2) is 46.5. The maximum atomic E-state index is 9.52. The second-order valence-corrected chi connectivity index (χ2v) is 34.0. The smallest absolute Gasteiger partial charge is 0.423 e. The molecule has 0 atom stereocenters. The van der Waals surface area contributed by atoms with Gasteiger partial charge in [-0.1, -0.05) is 178 Å². The van der Waals surface area contributed by atoms with Crippen LogP contribution in [-0.4, -0.2) is 46.7 Å². The van der Waals surface area contributed by atoms with Crippen molar-refractivity contribution in [1.82, 2.24) is 29.5 Å². The molecular formula is C88H84BBr7N14O2. The molecule has 0 aliphatic rings. The van der Waals surface area contributed by atoms with Crippen molar-refractivity contribution in [3.63, 3.8) is 0 Å². The number of hydrogen-bond donors (Lipinski definition) is 2. The topological polar surface area (TPSA) is 292 Å². The minimum absolute atomic E-state index is 0.337. The van der Waals surface area contributed by atoms with Crippen LogP contribution < -0.4 is 5.46 Å². The minimum Gasteiger partial charge on any atom is -0.423 e. The highest BCUT2D eigenvalue weighted by molar-refractivity contribution is 9.11. The lowest BCUT2D eigenvalue weighted by Crippen LogP contribution is -2.29. The number of aromatic nitrogens is 6. The van der Waals surface area contributed by atoms with Crippen LogP contribution in [0.2, 0.25) is 0 Å². The van der Waals surface area contributed by atoms with Gasteiger partial charge >= 0.3 is 7.12 Å². The maximum absolute atomic E-state index is 9.52. The van der Waals surface area contributed by atoms with E-state index in [2.05, 4.69) is 218 Å². The van der Waals surface area contributed by atoms with E-state index in [1.54, 1.807) is 46.3 Å². The summed E-state index contributed by atoms with van der Waals surface area (Å²) in [4.78, 5) is 7.89. The number of rotatable bonds is 13. The highest BCUT2D eigenvalue weighted by atomic mass is 79.9. The molecule has 570 valence electrons. The Bertz CT molecular complexity index is 5140. The quantitative estimate of drug-likeness (QED) is 0.0801. The predicted molar refractivity (Wildman–Crippen MR) is 470 cm³/mol. The number of hydrogen-bond acceptors (Lipinski definition) is 14. The summed E-state index contributed by atoms with van der Waals surface area (Å²) >= 11 is 23.9. The van der Waals surface area contributed by atoms with Crippen LogP contribution in [0.4, 0.5) is 0 Å². The highest BCUT2D eigenvalue weighted by Gasteiger charge is 2.24. The molecule has 0 radical (unpaired) electrons. The molecule has 11 rings (SSSR count). The Morgan fingerprint density at radius 1 is 0.366 bits per heavy atom. The van der Waals surface area contributed by atoms with Gasteiger partial charge in [-0.2, -0.15) is 52.3 Å². The SMILES string of the molecule is CC(C)(C#N)c1cc(Br)cc(CBr)c1.CC(C)(C#N)c1cc(Br)cc(Cn2cncn2)c1.CC(C)(C#N)c1cc(Cn2cncn2)cc(-c2cccc(C#N)c2)c1.Cc1cc(Br)cc(C(C)(C)C#N)c1.Cc1cc(Br)cc(CC#N)c1.Cc1cc(Br)cc(CC#N)c1.Cc1cc(C)cc(Br)c1.N#Cc1cccc(B(O)O)c1. The third-order valence-electron chi connectivity index (χ3n) is 16.3. The van der Waals surface area contributed by atoms with Crippen LogP contribution in [0.5, 0.6) is 0 Å². The molecule has 9 aromatic carbocycles. The number of nitrogens with zero attached hydrogens (tertiary/aromatic N) is 14. The lowest BCUT2D eigenvalue weighted by molar-refractivity contribution is 0.425. The second-order valence-electron chi connectivity index (χ2n) is 28.0. The zero-order chi connectivity index (χ0) is 83.5. The number of nitriles is 8. The van der Waals surface area contributed by atoms with Crippen LogP contribution in [0.1, 0.15) is 144 Å². The Balaban J connectivity index is 0.000000276. The summed E-state index contributed by atoms with van der Waals surface area (Å²) in [5.74, 6) is 0. The molecule has 0 fully saturated rings. The van der Waals surface area contributed by atoms with Gasteiger partial charge in [0.05, 0.1) is 107 Å². The van der Waals surface area contributed by atoms with Gasteiger partial charge in [0.15, 0.2) is 0 Å². The summed E-state index contributed by atoms with van der Waals surface area (Å²) in [6, 6.07) is 74.0. The fourth-order valence-corrected chi connectivity index (χ4v) is 14.4. The maximum Gasteiger partial charge on any atom is 0.488 e. The summed E-state index contributed by atoms with van der Waals surface area (Å²) in [7, 11) is -1.50. The Morgan fingerprint density at radius 3 is 1.07 bits per heavy atom. The number of halogens is 7. The van der Waals surface area contributed by atoms with Gasteiger partial charge in [-0.05, 0) is 294 Å². The molecule has 2 aromatic heterocycles. The van der Waals surface area contributed by atoms with Crippen molar-refractivity contribution in [2.45, 2.75) is 143 Å². The van der Waals surface area contributed by atoms with E-state index < -0.39 is 28.8 Å². The van der Waals surface area contributed by atoms with Gasteiger partial charge in [-0.3, -0.25) is 0 Å². The predicted octanol–water partition coefficient (Wildman–Crippen LogP) is 22.2. The summed E-state index contributed by atoms with van der Waals surface area (Å²) in [6.07, 6.45) is 7.33. The fourth-order valence-electron chi connectivity index (χ4n) is 10.3. The molecule has 0 bridgehead atoms. The van der Waals surface area contributed by atoms with Crippen LogP contribution in [-0.2, 0) is 52.9 Å². The standard InChI is InChI=1S/C20H17N5.C13H13BrN4.C11H11Br2N.C11H12BrN.2C9H8BrN.C8H9Br.C7H6BNO2/c1-20(2,12-22)19-8-16(11-25-14-23-13-24-25)7-18(9-19)17-5-3-4-15(6-17)10-21;1-13(2,7-15)11-3-10(4-12(14)5-11)6-18-9-16-8-17-18;1-11(2,7-14)9-3-8(6-12)4-10(13)5-9;1-8-4-9(6-10(12)5-8)11(2,3)7-13;2*1-7-4-8(2-3-11)6-9(10)5-7;1-6-3-7(2)5-8(9)4-6;9-5-6-2-1-3-7(4-6)8(10)11/h3-9,13-14H,11H2,1-2H3;3-5,8-9H,6H2,1-2H3;3-5H,6H2,1-2H3;4-6H,1-3H3;2*4-6H,2H2,1H3;3-5H,1-2H3;1-4,10-11H. The zero-order valence-corrected chi connectivity index (χ0v) is 75.6. The van der Waals surface area contributed by atoms with Gasteiger partial charge in [0.1, 0.15) is 25.3 Å². The minimum atomic E-state index is -1.50. The Hall–Kier alpha value is -9.48. The van der Waals surface area contributed by atoms with Crippen molar-refractivity contribution in [3.05, 3.63) is 317 Å². The molecule has 11 aromatic rings. The lowest BCUT2D eigenvalue weighted by atomic mass is 9.80. The number of aryl methyl sites for hydroxylation is 5. The van der Waals surface area contributed by atoms with Crippen molar-refractivity contribution < 1.29 is 10.0 Å². The van der Waals surface area contributed by atoms with Crippen LogP contribution in [0.3, 0.4) is 0 Å². The number of benzene rings is 9. The zero-order valence-electron chi connectivity index (χ0n) is 64.5. The molecule has 24 heteroatoms. The Kier molecular flexibility index (Phi) is 39.4. The van der Waals surface area contributed by atoms with Crippen molar-refractivity contribution in [2.24, 2.45) is 0 Å². The van der Waals surface area contributed by atoms with E-state index in [-0.39, 0.29) is 0 Å². The van der Waals surface area contributed by atoms with Gasteiger partial charge in [-0.15, -0.1) is 0 Å². The first-order valence-electron chi connectivity index (χ1n) is 34.6. The van der Waals surface area contributed by atoms with Gasteiger partial charge in [0.25, 0.3) is 0 Å². The molecule has 2 heterocycles. The summed E-state index contributed by atoms with van der Waals surface area (Å²) < 4.78 is 9.78. The van der Waals surface area contributed by atoms with Gasteiger partial charge < -0.3 is 10.0 Å². The van der Waals surface area contributed by atoms with Gasteiger partial charge in [0.2, 0.25) is 0 Å². The normalized spacial score (nSPS) is 10.3. The summed E-state index contributed by atoms with van der Waals surface area (Å²) in [5, 5.41) is 97.6. The Labute approximate surface area is 718 Å². The summed E-state index contributed by atoms with van der Waals surface area (Å²) in [6.45, 7) is 26.8. The number of alkyl halides is 1. The molecule has 112 heavy (non-hydrogen) atoms. The van der Waals surface area contributed by atoms with E-state index in [9.17, 15) is 10.5 Å². The third kappa shape index (κ3) is 33.5. The average molecular weight is 1940 g/mol. The average Bonchev–Trinajstić information content (AvgIpc) is 0.866. The van der Waals surface area contributed by atoms with E-state index in [4.69, 9.17) is 41.6 Å². The molecule has 16 nitrogen and oxygen atoms in total. The van der Waals surface area contributed by atoms with E-state index >= 15 is 0 Å². The van der Waals surface area contributed by atoms with Crippen molar-refractivity contribution >= 4 is 124 Å². The van der Waals surface area contributed by atoms with Crippen LogP contribution in [0.25, 0.3) is 11.1 Å². The lowest BCUT2D eigenvalue weighted by Gasteiger charge is -2.19. The van der Waals surface area contributed by atoms with E-state index in [1.807, 2.05) is 197 Å². The first-order valence-corrected chi connectivity index (χ1v) is 40.5. The third-order valence-corrected chi connectivity index (χ3v) is 19.7. The van der Waals surface area contributed by atoms with Crippen molar-refractivity contribution in [2.75, 3.05) is 0 Å². The van der Waals surface area contributed by atoms with Crippen LogP contribution in [0.15, 0.2) is 228 Å². The highest BCUT2D eigenvalue weighted by Crippen LogP contribution is 2.33. The molecule has 0 saturated carbocycles. The largest absolute Gasteiger partial charge is 0.488 e. The van der Waals surface area contributed by atoms with Crippen molar-refractivity contribution in [1.29, 1.82) is 42.1 Å². The fraction of sp³-hybridized carbons (Fsp3) is 0.250. The molecule has 0 aliphatic heterocycles. The molecule has 0 unspecified atom stereocenters. The molecule has 0 aliphatic carbocycles. The molecule has 0 amide bonds. The molecule has 0 spiro atoms. The van der Waals surface area contributed by atoms with E-state index in [0.717, 1.165) is 83.3 Å². The molecule has 2 N–H and O–H groups in total. The van der Waals surface area contributed by atoms with Gasteiger partial charge in [-0.25, -0.2) is 19.3 Å². The Morgan fingerprint density at radius 2 is 0.705 bits per heavy atom. The summed E-state index contributed by atoms with van der Waals surface area (Å²) in [5.41, 5.74) is 17.0. The van der Waals surface area contributed by atoms with Gasteiger partial charge in [0, 0.05) is 32.2 Å². The van der Waals surface area contributed by atoms with E-state index in [1.165, 1.54) is 56.6 Å². The molecule has 0 saturated heterocycles. The monoisotopic (exact) mass is 1930 g/mol. The first-order chi connectivity index (χ1) is 52.8. The van der Waals surface area contributed by atoms with Crippen LogP contribution in [0, 0.1) is 125 Å². The first kappa shape index (κ1) is 94.9. The van der Waals surface area contributed by atoms with Crippen LogP contribution >= 0.6 is 112 Å². The van der Waals surface area contributed by atoms with Crippen molar-refractivity contribution in [3.8, 4) is 59.7 Å².